The minimum atomic E-state index is -0.199. The summed E-state index contributed by atoms with van der Waals surface area (Å²) in [5.41, 5.74) is 0.619. The zero-order valence-corrected chi connectivity index (χ0v) is 14.6. The Morgan fingerprint density at radius 2 is 1.96 bits per heavy atom. The lowest BCUT2D eigenvalue weighted by Gasteiger charge is -2.39. The van der Waals surface area contributed by atoms with Crippen LogP contribution in [0.5, 0.6) is 5.88 Å². The number of aliphatic hydroxyl groups excluding tert-OH is 1. The van der Waals surface area contributed by atoms with Gasteiger partial charge in [-0.15, -0.1) is 0 Å². The van der Waals surface area contributed by atoms with E-state index in [1.807, 2.05) is 11.0 Å². The second kappa shape index (κ2) is 7.30. The third-order valence-electron chi connectivity index (χ3n) is 5.66. The van der Waals surface area contributed by atoms with E-state index in [1.165, 1.54) is 12.8 Å². The number of carbonyl (C=O) groups is 1. The average Bonchev–Trinajstić information content (AvgIpc) is 3.39. The van der Waals surface area contributed by atoms with Gasteiger partial charge in [-0.1, -0.05) is 0 Å². The normalized spacial score (nSPS) is 27.5. The molecule has 1 aromatic rings. The van der Waals surface area contributed by atoms with Crippen molar-refractivity contribution in [3.63, 3.8) is 0 Å². The maximum Gasteiger partial charge on any atom is 0.255 e. The average molecular weight is 345 g/mol. The molecule has 2 heterocycles. The molecular formula is C19H27N3O3. The number of pyridine rings is 1. The molecule has 3 aliphatic rings. The number of aromatic nitrogens is 1. The zero-order valence-electron chi connectivity index (χ0n) is 14.6. The van der Waals surface area contributed by atoms with Crippen LogP contribution < -0.4 is 4.74 Å². The Morgan fingerprint density at radius 3 is 2.56 bits per heavy atom. The summed E-state index contributed by atoms with van der Waals surface area (Å²) in [5.74, 6) is 1.33. The van der Waals surface area contributed by atoms with Crippen LogP contribution in [0.25, 0.3) is 0 Å². The van der Waals surface area contributed by atoms with Crippen LogP contribution in [0.15, 0.2) is 18.3 Å². The monoisotopic (exact) mass is 345 g/mol. The van der Waals surface area contributed by atoms with Crippen molar-refractivity contribution in [2.75, 3.05) is 32.8 Å². The highest BCUT2D eigenvalue weighted by Gasteiger charge is 2.33. The quantitative estimate of drug-likeness (QED) is 0.877. The fraction of sp³-hybridized carbons (Fsp3) is 0.684. The van der Waals surface area contributed by atoms with Gasteiger partial charge in [0.15, 0.2) is 0 Å². The maximum absolute atomic E-state index is 12.7. The van der Waals surface area contributed by atoms with Crippen molar-refractivity contribution >= 4 is 5.91 Å². The number of amides is 1. The van der Waals surface area contributed by atoms with Gasteiger partial charge in [0.05, 0.1) is 18.3 Å². The summed E-state index contributed by atoms with van der Waals surface area (Å²) in [4.78, 5) is 21.2. The Balaban J connectivity index is 1.29. The predicted octanol–water partition coefficient (Wildman–Crippen LogP) is 1.54. The van der Waals surface area contributed by atoms with Gasteiger partial charge in [0.1, 0.15) is 0 Å². The molecular weight excluding hydrogens is 318 g/mol. The van der Waals surface area contributed by atoms with Crippen LogP contribution in [0.4, 0.5) is 0 Å². The van der Waals surface area contributed by atoms with E-state index in [1.54, 1.807) is 12.3 Å². The van der Waals surface area contributed by atoms with Gasteiger partial charge in [0.2, 0.25) is 5.88 Å². The van der Waals surface area contributed by atoms with E-state index in [4.69, 9.17) is 4.74 Å². The lowest BCUT2D eigenvalue weighted by atomic mass is 10.1. The molecule has 1 saturated heterocycles. The maximum atomic E-state index is 12.7. The van der Waals surface area contributed by atoms with E-state index in [9.17, 15) is 9.90 Å². The largest absolute Gasteiger partial charge is 0.477 e. The molecule has 0 radical (unpaired) electrons. The Bertz CT molecular complexity index is 594. The van der Waals surface area contributed by atoms with Gasteiger partial charge in [-0.25, -0.2) is 4.98 Å². The topological polar surface area (TPSA) is 65.9 Å². The van der Waals surface area contributed by atoms with Crippen LogP contribution in [-0.4, -0.2) is 70.7 Å². The van der Waals surface area contributed by atoms with Gasteiger partial charge < -0.3 is 14.7 Å². The summed E-state index contributed by atoms with van der Waals surface area (Å²) < 4.78 is 5.62. The molecule has 6 nitrogen and oxygen atoms in total. The molecule has 2 saturated carbocycles. The van der Waals surface area contributed by atoms with Gasteiger partial charge in [0, 0.05) is 44.5 Å². The van der Waals surface area contributed by atoms with Crippen molar-refractivity contribution in [2.45, 2.75) is 44.2 Å². The molecule has 6 heteroatoms. The smallest absolute Gasteiger partial charge is 0.255 e. The molecule has 4 rings (SSSR count). The fourth-order valence-corrected chi connectivity index (χ4v) is 3.87. The van der Waals surface area contributed by atoms with Gasteiger partial charge in [-0.3, -0.25) is 9.69 Å². The third-order valence-corrected chi connectivity index (χ3v) is 5.66. The molecule has 0 spiro atoms. The molecule has 3 fully saturated rings. The molecule has 1 N–H and O–H groups in total. The van der Waals surface area contributed by atoms with E-state index < -0.39 is 0 Å². The lowest BCUT2D eigenvalue weighted by molar-refractivity contribution is 0.0315. The summed E-state index contributed by atoms with van der Waals surface area (Å²) in [6, 6.07) is 3.88. The van der Waals surface area contributed by atoms with Crippen LogP contribution >= 0.6 is 0 Å². The van der Waals surface area contributed by atoms with Crippen molar-refractivity contribution in [1.29, 1.82) is 0 Å². The number of rotatable bonds is 5. The molecule has 0 aromatic carbocycles. The van der Waals surface area contributed by atoms with E-state index in [0.29, 0.717) is 30.5 Å². The molecule has 25 heavy (non-hydrogen) atoms. The number of nitrogens with zero attached hydrogens (tertiary/aromatic N) is 3. The number of piperazine rings is 1. The first kappa shape index (κ1) is 16.8. The van der Waals surface area contributed by atoms with Crippen LogP contribution in [0, 0.1) is 5.92 Å². The summed E-state index contributed by atoms with van der Waals surface area (Å²) in [6.45, 7) is 3.83. The van der Waals surface area contributed by atoms with Gasteiger partial charge in [-0.05, 0) is 44.1 Å². The standard InChI is InChI=1S/C19H27N3O3/c23-17-3-1-2-16(17)21-8-10-22(11-9-21)19(24)15-6-7-18(20-12-15)25-13-14-4-5-14/h6-7,12,14,16-17,23H,1-5,8-11,13H2. The molecule has 0 bridgehead atoms. The number of hydrogen-bond acceptors (Lipinski definition) is 5. The Hall–Kier alpha value is -1.66. The van der Waals surface area contributed by atoms with Gasteiger partial charge >= 0.3 is 0 Å². The zero-order chi connectivity index (χ0) is 17.2. The Labute approximate surface area is 148 Å². The Morgan fingerprint density at radius 1 is 1.16 bits per heavy atom. The van der Waals surface area contributed by atoms with Crippen molar-refractivity contribution in [2.24, 2.45) is 5.92 Å². The lowest BCUT2D eigenvalue weighted by Crippen LogP contribution is -2.53. The first-order chi connectivity index (χ1) is 12.2. The first-order valence-corrected chi connectivity index (χ1v) is 9.51. The van der Waals surface area contributed by atoms with Gasteiger partial charge in [0.25, 0.3) is 5.91 Å². The van der Waals surface area contributed by atoms with E-state index >= 15 is 0 Å². The van der Waals surface area contributed by atoms with Crippen molar-refractivity contribution in [1.82, 2.24) is 14.8 Å². The summed E-state index contributed by atoms with van der Waals surface area (Å²) in [6.07, 6.45) is 7.01. The molecule has 1 aliphatic heterocycles. The highest BCUT2D eigenvalue weighted by molar-refractivity contribution is 5.94. The minimum absolute atomic E-state index is 0.0351. The van der Waals surface area contributed by atoms with Gasteiger partial charge in [-0.2, -0.15) is 0 Å². The van der Waals surface area contributed by atoms with E-state index in [0.717, 1.165) is 39.0 Å². The molecule has 2 atom stereocenters. The third kappa shape index (κ3) is 3.96. The molecule has 2 aliphatic carbocycles. The number of aliphatic hydroxyl groups is 1. The first-order valence-electron chi connectivity index (χ1n) is 9.51. The number of carbonyl (C=O) groups excluding carboxylic acids is 1. The molecule has 136 valence electrons. The van der Waals surface area contributed by atoms with Crippen molar-refractivity contribution in [3.05, 3.63) is 23.9 Å². The summed E-state index contributed by atoms with van der Waals surface area (Å²) in [5, 5.41) is 10.1. The summed E-state index contributed by atoms with van der Waals surface area (Å²) in [7, 11) is 0. The van der Waals surface area contributed by atoms with Crippen LogP contribution in [0.3, 0.4) is 0 Å². The SMILES string of the molecule is O=C(c1ccc(OCC2CC2)nc1)N1CCN(C2CCCC2O)CC1. The molecule has 1 aromatic heterocycles. The predicted molar refractivity (Wildman–Crippen MR) is 93.6 cm³/mol. The highest BCUT2D eigenvalue weighted by atomic mass is 16.5. The fourth-order valence-electron chi connectivity index (χ4n) is 3.87. The number of hydrogen-bond donors (Lipinski definition) is 1. The second-order valence-corrected chi connectivity index (χ2v) is 7.53. The van der Waals surface area contributed by atoms with E-state index in [-0.39, 0.29) is 18.1 Å². The second-order valence-electron chi connectivity index (χ2n) is 7.53. The minimum Gasteiger partial charge on any atom is -0.477 e. The van der Waals surface area contributed by atoms with Crippen LogP contribution in [0.2, 0.25) is 0 Å². The van der Waals surface area contributed by atoms with Crippen molar-refractivity contribution in [3.8, 4) is 5.88 Å². The Kier molecular flexibility index (Phi) is 4.90. The highest BCUT2D eigenvalue weighted by Crippen LogP contribution is 2.29. The molecule has 2 unspecified atom stereocenters. The van der Waals surface area contributed by atoms with Crippen LogP contribution in [0.1, 0.15) is 42.5 Å². The molecule has 1 amide bonds. The van der Waals surface area contributed by atoms with Crippen molar-refractivity contribution < 1.29 is 14.6 Å². The summed E-state index contributed by atoms with van der Waals surface area (Å²) >= 11 is 0. The van der Waals surface area contributed by atoms with Crippen LogP contribution in [-0.2, 0) is 0 Å². The number of ether oxygens (including phenoxy) is 1. The van der Waals surface area contributed by atoms with E-state index in [2.05, 4.69) is 9.88 Å².